The van der Waals surface area contributed by atoms with E-state index >= 15 is 0 Å². The van der Waals surface area contributed by atoms with Gasteiger partial charge < -0.3 is 5.32 Å². The maximum Gasteiger partial charge on any atom is 0.151 e. The Bertz CT molecular complexity index is 374. The van der Waals surface area contributed by atoms with Crippen LogP contribution >= 0.6 is 11.8 Å². The van der Waals surface area contributed by atoms with Crippen molar-refractivity contribution in [3.8, 4) is 0 Å². The van der Waals surface area contributed by atoms with E-state index in [-0.39, 0.29) is 11.3 Å². The van der Waals surface area contributed by atoms with Crippen molar-refractivity contribution in [3.05, 3.63) is 0 Å². The quantitative estimate of drug-likeness (QED) is 0.843. The average molecular weight is 291 g/mol. The second-order valence-electron chi connectivity index (χ2n) is 5.88. The third kappa shape index (κ3) is 3.23. The Kier molecular flexibility index (Phi) is 4.66. The van der Waals surface area contributed by atoms with Crippen LogP contribution in [0.1, 0.15) is 44.9 Å². The SMILES string of the molecule is CSC1(CNC2CCCC2S(C)(=O)=O)CCCC1. The number of thioether (sulfide) groups is 1. The Morgan fingerprint density at radius 1 is 1.22 bits per heavy atom. The summed E-state index contributed by atoms with van der Waals surface area (Å²) in [7, 11) is -2.89. The fraction of sp³-hybridized carbons (Fsp3) is 1.00. The van der Waals surface area contributed by atoms with Gasteiger partial charge in [0, 0.05) is 23.6 Å². The highest BCUT2D eigenvalue weighted by molar-refractivity contribution is 8.00. The average Bonchev–Trinajstić information content (AvgIpc) is 2.95. The van der Waals surface area contributed by atoms with Crippen LogP contribution in [0.5, 0.6) is 0 Å². The zero-order chi connectivity index (χ0) is 13.2. The Labute approximate surface area is 115 Å². The molecule has 18 heavy (non-hydrogen) atoms. The fourth-order valence-corrected chi connectivity index (χ4v) is 5.81. The standard InChI is InChI=1S/C13H25NO2S2/c1-17-13(8-3-4-9-13)10-14-11-6-5-7-12(11)18(2,15)16/h11-12,14H,3-10H2,1-2H3. The molecule has 0 heterocycles. The molecule has 2 atom stereocenters. The van der Waals surface area contributed by atoms with E-state index < -0.39 is 9.84 Å². The monoisotopic (exact) mass is 291 g/mol. The van der Waals surface area contributed by atoms with Crippen molar-refractivity contribution >= 4 is 21.6 Å². The lowest BCUT2D eigenvalue weighted by molar-refractivity contribution is 0.458. The van der Waals surface area contributed by atoms with Crippen LogP contribution in [-0.4, -0.2) is 43.5 Å². The molecule has 0 aliphatic heterocycles. The maximum atomic E-state index is 11.7. The second kappa shape index (κ2) is 5.71. The second-order valence-corrected chi connectivity index (χ2v) is 9.42. The van der Waals surface area contributed by atoms with E-state index in [0.717, 1.165) is 25.8 Å². The van der Waals surface area contributed by atoms with Crippen LogP contribution in [0, 0.1) is 0 Å². The molecule has 1 N–H and O–H groups in total. The number of nitrogens with one attached hydrogen (secondary N) is 1. The predicted molar refractivity (Wildman–Crippen MR) is 79.0 cm³/mol. The van der Waals surface area contributed by atoms with Gasteiger partial charge in [-0.25, -0.2) is 8.42 Å². The molecule has 106 valence electrons. The van der Waals surface area contributed by atoms with E-state index in [2.05, 4.69) is 11.6 Å². The molecule has 0 aromatic heterocycles. The van der Waals surface area contributed by atoms with Gasteiger partial charge in [0.15, 0.2) is 9.84 Å². The summed E-state index contributed by atoms with van der Waals surface area (Å²) in [6, 6.07) is 0.185. The van der Waals surface area contributed by atoms with Gasteiger partial charge in [-0.05, 0) is 31.9 Å². The first kappa shape index (κ1) is 14.7. The van der Waals surface area contributed by atoms with Crippen molar-refractivity contribution in [2.24, 2.45) is 0 Å². The van der Waals surface area contributed by atoms with Gasteiger partial charge in [-0.2, -0.15) is 11.8 Å². The predicted octanol–water partition coefficient (Wildman–Crippen LogP) is 2.22. The van der Waals surface area contributed by atoms with Crippen LogP contribution in [0.25, 0.3) is 0 Å². The topological polar surface area (TPSA) is 46.2 Å². The van der Waals surface area contributed by atoms with Gasteiger partial charge in [0.25, 0.3) is 0 Å². The molecule has 0 amide bonds. The summed E-state index contributed by atoms with van der Waals surface area (Å²) in [4.78, 5) is 0. The number of hydrogen-bond donors (Lipinski definition) is 1. The zero-order valence-electron chi connectivity index (χ0n) is 11.4. The molecule has 0 aromatic rings. The minimum absolute atomic E-state index is 0.155. The van der Waals surface area contributed by atoms with Crippen molar-refractivity contribution in [2.45, 2.75) is 61.0 Å². The Hall–Kier alpha value is 0.260. The molecular weight excluding hydrogens is 266 g/mol. The van der Waals surface area contributed by atoms with Gasteiger partial charge in [0.1, 0.15) is 0 Å². The number of hydrogen-bond acceptors (Lipinski definition) is 4. The molecule has 3 nitrogen and oxygen atoms in total. The van der Waals surface area contributed by atoms with Gasteiger partial charge in [-0.1, -0.05) is 19.3 Å². The molecule has 2 aliphatic rings. The Morgan fingerprint density at radius 3 is 2.44 bits per heavy atom. The zero-order valence-corrected chi connectivity index (χ0v) is 13.1. The molecule has 2 saturated carbocycles. The first-order valence-corrected chi connectivity index (χ1v) is 10.1. The van der Waals surface area contributed by atoms with E-state index in [4.69, 9.17) is 0 Å². The molecule has 2 rings (SSSR count). The molecule has 0 aromatic carbocycles. The van der Waals surface area contributed by atoms with Crippen molar-refractivity contribution in [1.82, 2.24) is 5.32 Å². The summed E-state index contributed by atoms with van der Waals surface area (Å²) in [5.41, 5.74) is 0. The molecule has 0 saturated heterocycles. The smallest absolute Gasteiger partial charge is 0.151 e. The first-order valence-electron chi connectivity index (χ1n) is 6.94. The summed E-state index contributed by atoms with van der Waals surface area (Å²) in [6.07, 6.45) is 11.7. The third-order valence-electron chi connectivity index (χ3n) is 4.64. The largest absolute Gasteiger partial charge is 0.311 e. The van der Waals surface area contributed by atoms with Crippen LogP contribution in [0.4, 0.5) is 0 Å². The van der Waals surface area contributed by atoms with E-state index in [1.165, 1.54) is 31.9 Å². The first-order chi connectivity index (χ1) is 8.47. The molecule has 2 unspecified atom stereocenters. The van der Waals surface area contributed by atoms with Crippen LogP contribution < -0.4 is 5.32 Å². The van der Waals surface area contributed by atoms with Gasteiger partial charge in [0.2, 0.25) is 0 Å². The lowest BCUT2D eigenvalue weighted by Crippen LogP contribution is -2.46. The van der Waals surface area contributed by atoms with E-state index in [0.29, 0.717) is 4.75 Å². The van der Waals surface area contributed by atoms with E-state index in [1.54, 1.807) is 0 Å². The van der Waals surface area contributed by atoms with Crippen LogP contribution in [-0.2, 0) is 9.84 Å². The summed E-state index contributed by atoms with van der Waals surface area (Å²) in [6.45, 7) is 0.977. The summed E-state index contributed by atoms with van der Waals surface area (Å²) >= 11 is 1.96. The number of rotatable bonds is 5. The lowest BCUT2D eigenvalue weighted by atomic mass is 10.1. The molecule has 0 bridgehead atoms. The molecule has 5 heteroatoms. The normalized spacial score (nSPS) is 31.9. The van der Waals surface area contributed by atoms with Crippen LogP contribution in [0.15, 0.2) is 0 Å². The lowest BCUT2D eigenvalue weighted by Gasteiger charge is -2.30. The van der Waals surface area contributed by atoms with Gasteiger partial charge in [-0.3, -0.25) is 0 Å². The molecule has 0 spiro atoms. The van der Waals surface area contributed by atoms with E-state index in [9.17, 15) is 8.42 Å². The van der Waals surface area contributed by atoms with Crippen molar-refractivity contribution in [1.29, 1.82) is 0 Å². The summed E-state index contributed by atoms with van der Waals surface area (Å²) < 4.78 is 23.9. The van der Waals surface area contributed by atoms with Crippen molar-refractivity contribution in [3.63, 3.8) is 0 Å². The summed E-state index contributed by atoms with van der Waals surface area (Å²) in [5, 5.41) is 3.42. The van der Waals surface area contributed by atoms with Gasteiger partial charge in [0.05, 0.1) is 5.25 Å². The molecule has 2 aliphatic carbocycles. The van der Waals surface area contributed by atoms with Crippen molar-refractivity contribution < 1.29 is 8.42 Å². The van der Waals surface area contributed by atoms with Crippen molar-refractivity contribution in [2.75, 3.05) is 19.1 Å². The molecular formula is C13H25NO2S2. The van der Waals surface area contributed by atoms with Crippen LogP contribution in [0.3, 0.4) is 0 Å². The third-order valence-corrected chi connectivity index (χ3v) is 7.72. The highest BCUT2D eigenvalue weighted by Gasteiger charge is 2.38. The molecule has 0 radical (unpaired) electrons. The van der Waals surface area contributed by atoms with Crippen LogP contribution in [0.2, 0.25) is 0 Å². The molecule has 2 fully saturated rings. The Morgan fingerprint density at radius 2 is 1.89 bits per heavy atom. The summed E-state index contributed by atoms with van der Waals surface area (Å²) in [5.74, 6) is 0. The Balaban J connectivity index is 1.93. The fourth-order valence-electron chi connectivity index (χ4n) is 3.46. The number of sulfone groups is 1. The van der Waals surface area contributed by atoms with Gasteiger partial charge >= 0.3 is 0 Å². The maximum absolute atomic E-state index is 11.7. The minimum atomic E-state index is -2.89. The van der Waals surface area contributed by atoms with E-state index in [1.807, 2.05) is 11.8 Å². The highest BCUT2D eigenvalue weighted by atomic mass is 32.2. The van der Waals surface area contributed by atoms with Gasteiger partial charge in [-0.15, -0.1) is 0 Å². The highest BCUT2D eigenvalue weighted by Crippen LogP contribution is 2.40. The minimum Gasteiger partial charge on any atom is -0.311 e.